The minimum absolute atomic E-state index is 0.0433. The van der Waals surface area contributed by atoms with E-state index in [1.807, 2.05) is 0 Å². The van der Waals surface area contributed by atoms with Crippen LogP contribution in [0.15, 0.2) is 16.7 Å². The van der Waals surface area contributed by atoms with Gasteiger partial charge in [0, 0.05) is 5.56 Å². The first-order valence-corrected chi connectivity index (χ1v) is 5.50. The Labute approximate surface area is 107 Å². The maximum atomic E-state index is 13.8. The molecule has 0 saturated carbocycles. The van der Waals surface area contributed by atoms with Gasteiger partial charge in [-0.3, -0.25) is 0 Å². The lowest BCUT2D eigenvalue weighted by Crippen LogP contribution is -2.04. The highest BCUT2D eigenvalue weighted by Gasteiger charge is 2.20. The molecule has 1 aromatic carbocycles. The highest BCUT2D eigenvalue weighted by Crippen LogP contribution is 2.24. The van der Waals surface area contributed by atoms with Crippen LogP contribution in [0, 0.1) is 18.6 Å². The second-order valence-corrected chi connectivity index (χ2v) is 3.68. The first kappa shape index (κ1) is 13.1. The third kappa shape index (κ3) is 2.44. The normalized spacial score (nSPS) is 10.5. The molecule has 1 aromatic heterocycles. The van der Waals surface area contributed by atoms with Crippen molar-refractivity contribution in [2.24, 2.45) is 0 Å². The molecule has 0 aliphatic carbocycles. The van der Waals surface area contributed by atoms with Gasteiger partial charge in [-0.1, -0.05) is 5.16 Å². The minimum Gasteiger partial charge on any atom is -0.459 e. The van der Waals surface area contributed by atoms with E-state index < -0.39 is 17.6 Å². The highest BCUT2D eigenvalue weighted by atomic mass is 19.1. The number of hydrogen-bond acceptors (Lipinski definition) is 5. The summed E-state index contributed by atoms with van der Waals surface area (Å²) in [6.07, 6.45) is 0. The Balaban J connectivity index is 2.38. The molecule has 1 heterocycles. The maximum Gasteiger partial charge on any atom is 0.397 e. The number of carbonyl (C=O) groups excluding carboxylic acids is 1. The zero-order chi connectivity index (χ0) is 14.0. The van der Waals surface area contributed by atoms with Crippen molar-refractivity contribution >= 4 is 5.97 Å². The molecular formula is C12H10F2N2O3. The van der Waals surface area contributed by atoms with Crippen LogP contribution in [0.25, 0.3) is 11.4 Å². The number of carbonyl (C=O) groups is 1. The van der Waals surface area contributed by atoms with E-state index in [4.69, 9.17) is 0 Å². The lowest BCUT2D eigenvalue weighted by molar-refractivity contribution is 0.0470. The van der Waals surface area contributed by atoms with Crippen LogP contribution in [-0.2, 0) is 4.74 Å². The predicted molar refractivity (Wildman–Crippen MR) is 60.3 cm³/mol. The third-order valence-electron chi connectivity index (χ3n) is 2.44. The molecule has 2 rings (SSSR count). The van der Waals surface area contributed by atoms with E-state index in [1.165, 1.54) is 13.0 Å². The minimum atomic E-state index is -0.795. The Hall–Kier alpha value is -2.31. The van der Waals surface area contributed by atoms with E-state index >= 15 is 0 Å². The van der Waals surface area contributed by atoms with Crippen molar-refractivity contribution in [3.63, 3.8) is 0 Å². The Morgan fingerprint density at radius 3 is 2.84 bits per heavy atom. The van der Waals surface area contributed by atoms with E-state index in [1.54, 1.807) is 6.92 Å². The number of hydrogen-bond donors (Lipinski definition) is 0. The van der Waals surface area contributed by atoms with Gasteiger partial charge in [-0.15, -0.1) is 0 Å². The summed E-state index contributed by atoms with van der Waals surface area (Å²) in [5.74, 6) is -2.77. The predicted octanol–water partition coefficient (Wildman–Crippen LogP) is 2.50. The summed E-state index contributed by atoms with van der Waals surface area (Å²) in [5, 5.41) is 3.47. The third-order valence-corrected chi connectivity index (χ3v) is 2.44. The fourth-order valence-corrected chi connectivity index (χ4v) is 1.44. The van der Waals surface area contributed by atoms with E-state index in [2.05, 4.69) is 19.4 Å². The van der Waals surface area contributed by atoms with Crippen molar-refractivity contribution in [1.29, 1.82) is 0 Å². The quantitative estimate of drug-likeness (QED) is 0.800. The summed E-state index contributed by atoms with van der Waals surface area (Å²) in [7, 11) is 0. The van der Waals surface area contributed by atoms with Crippen LogP contribution >= 0.6 is 0 Å². The van der Waals surface area contributed by atoms with Crippen LogP contribution in [0.5, 0.6) is 0 Å². The SMILES string of the molecule is CCOC(=O)c1nc(-c2ccc(F)c(C)c2F)no1. The van der Waals surface area contributed by atoms with Crippen molar-refractivity contribution < 1.29 is 22.8 Å². The first-order chi connectivity index (χ1) is 9.04. The molecule has 5 nitrogen and oxygen atoms in total. The van der Waals surface area contributed by atoms with Crippen LogP contribution in [0.1, 0.15) is 23.2 Å². The summed E-state index contributed by atoms with van der Waals surface area (Å²) >= 11 is 0. The molecular weight excluding hydrogens is 258 g/mol. The molecule has 0 amide bonds. The number of aromatic nitrogens is 2. The summed E-state index contributed by atoms with van der Waals surface area (Å²) in [5.41, 5.74) is -0.196. The molecule has 0 unspecified atom stereocenters. The van der Waals surface area contributed by atoms with Crippen molar-refractivity contribution in [2.45, 2.75) is 13.8 Å². The Morgan fingerprint density at radius 2 is 2.16 bits per heavy atom. The van der Waals surface area contributed by atoms with Gasteiger partial charge in [0.15, 0.2) is 0 Å². The Bertz CT molecular complexity index is 625. The topological polar surface area (TPSA) is 65.2 Å². The molecule has 19 heavy (non-hydrogen) atoms. The highest BCUT2D eigenvalue weighted by molar-refractivity contribution is 5.84. The molecule has 7 heteroatoms. The molecule has 0 radical (unpaired) electrons. The molecule has 0 atom stereocenters. The van der Waals surface area contributed by atoms with E-state index in [9.17, 15) is 13.6 Å². The van der Waals surface area contributed by atoms with Crippen molar-refractivity contribution in [2.75, 3.05) is 6.61 Å². The number of halogens is 2. The van der Waals surface area contributed by atoms with Gasteiger partial charge in [0.2, 0.25) is 5.82 Å². The van der Waals surface area contributed by atoms with Gasteiger partial charge in [0.05, 0.1) is 12.2 Å². The fourth-order valence-electron chi connectivity index (χ4n) is 1.44. The average Bonchev–Trinajstić information content (AvgIpc) is 2.86. The van der Waals surface area contributed by atoms with E-state index in [-0.39, 0.29) is 29.4 Å². The molecule has 0 aliphatic rings. The van der Waals surface area contributed by atoms with Gasteiger partial charge in [-0.05, 0) is 26.0 Å². The number of benzene rings is 1. The van der Waals surface area contributed by atoms with Gasteiger partial charge in [-0.2, -0.15) is 4.98 Å². The van der Waals surface area contributed by atoms with Gasteiger partial charge >= 0.3 is 11.9 Å². The first-order valence-electron chi connectivity index (χ1n) is 5.50. The van der Waals surface area contributed by atoms with Gasteiger partial charge < -0.3 is 9.26 Å². The van der Waals surface area contributed by atoms with Crippen LogP contribution < -0.4 is 0 Å². The molecule has 0 fully saturated rings. The second kappa shape index (κ2) is 5.13. The second-order valence-electron chi connectivity index (χ2n) is 3.68. The van der Waals surface area contributed by atoms with Crippen molar-refractivity contribution in [3.05, 3.63) is 35.2 Å². The number of rotatable bonds is 3. The zero-order valence-electron chi connectivity index (χ0n) is 10.2. The molecule has 0 saturated heterocycles. The van der Waals surface area contributed by atoms with Crippen LogP contribution in [0.3, 0.4) is 0 Å². The lowest BCUT2D eigenvalue weighted by Gasteiger charge is -2.01. The van der Waals surface area contributed by atoms with Crippen molar-refractivity contribution in [1.82, 2.24) is 10.1 Å². The average molecular weight is 268 g/mol. The molecule has 100 valence electrons. The molecule has 0 bridgehead atoms. The van der Waals surface area contributed by atoms with Gasteiger partial charge in [0.1, 0.15) is 11.6 Å². The zero-order valence-corrected chi connectivity index (χ0v) is 10.2. The molecule has 0 spiro atoms. The smallest absolute Gasteiger partial charge is 0.397 e. The van der Waals surface area contributed by atoms with Crippen molar-refractivity contribution in [3.8, 4) is 11.4 Å². The molecule has 2 aromatic rings. The van der Waals surface area contributed by atoms with E-state index in [0.29, 0.717) is 0 Å². The Morgan fingerprint density at radius 1 is 1.42 bits per heavy atom. The van der Waals surface area contributed by atoms with Crippen LogP contribution in [0.4, 0.5) is 8.78 Å². The molecule has 0 aliphatic heterocycles. The fraction of sp³-hybridized carbons (Fsp3) is 0.250. The van der Waals surface area contributed by atoms with Crippen LogP contribution in [0.2, 0.25) is 0 Å². The maximum absolute atomic E-state index is 13.8. The number of nitrogens with zero attached hydrogens (tertiary/aromatic N) is 2. The summed E-state index contributed by atoms with van der Waals surface area (Å²) < 4.78 is 36.3. The van der Waals surface area contributed by atoms with E-state index in [0.717, 1.165) is 6.07 Å². The van der Waals surface area contributed by atoms with Crippen LogP contribution in [-0.4, -0.2) is 22.7 Å². The number of ether oxygens (including phenoxy) is 1. The summed E-state index contributed by atoms with van der Waals surface area (Å²) in [4.78, 5) is 15.0. The number of esters is 1. The lowest BCUT2D eigenvalue weighted by atomic mass is 10.1. The monoisotopic (exact) mass is 268 g/mol. The molecule has 0 N–H and O–H groups in total. The summed E-state index contributed by atoms with van der Waals surface area (Å²) in [6.45, 7) is 3.07. The van der Waals surface area contributed by atoms with Gasteiger partial charge in [0.25, 0.3) is 0 Å². The summed E-state index contributed by atoms with van der Waals surface area (Å²) in [6, 6.07) is 2.27. The standard InChI is InChI=1S/C12H10F2N2O3/c1-3-18-12(17)11-15-10(16-19-11)7-4-5-8(13)6(2)9(7)14/h4-5H,3H2,1-2H3. The largest absolute Gasteiger partial charge is 0.459 e. The Kier molecular flexibility index (Phi) is 3.55. The van der Waals surface area contributed by atoms with Gasteiger partial charge in [-0.25, -0.2) is 13.6 Å².